The standard InChI is InChI=1S/C32H52O10/c1-3-5-7-9-10-11-12-13-14-15-16-17-19-21-28(35)41-25(23-39-27(34)20-18-8-6-4-2)24-40-32-31(38)30(37)29(36)26(22-33)42-32/h5,7,10-11,13-14,16-17,25-26,29-33,36-38H,3-4,6,8-9,12,15,18-24H2,1-2H3/b7-5-,11-10-,14-13-,17-16-. The van der Waals surface area contributed by atoms with E-state index in [1.54, 1.807) is 0 Å². The minimum atomic E-state index is -1.60. The van der Waals surface area contributed by atoms with E-state index in [1.165, 1.54) is 0 Å². The van der Waals surface area contributed by atoms with E-state index in [1.807, 2.05) is 12.2 Å². The van der Waals surface area contributed by atoms with Crippen molar-refractivity contribution in [2.45, 2.75) is 121 Å². The van der Waals surface area contributed by atoms with Crippen LogP contribution in [0.3, 0.4) is 0 Å². The summed E-state index contributed by atoms with van der Waals surface area (Å²) in [7, 11) is 0. The van der Waals surface area contributed by atoms with Crippen molar-refractivity contribution >= 4 is 11.9 Å². The summed E-state index contributed by atoms with van der Waals surface area (Å²) in [5.74, 6) is -0.932. The number of hydrogen-bond donors (Lipinski definition) is 4. The highest BCUT2D eigenvalue weighted by Gasteiger charge is 2.44. The molecule has 6 unspecified atom stereocenters. The maximum Gasteiger partial charge on any atom is 0.306 e. The molecule has 1 rings (SSSR count). The topological polar surface area (TPSA) is 152 Å². The fraction of sp³-hybridized carbons (Fsp3) is 0.688. The minimum Gasteiger partial charge on any atom is -0.462 e. The van der Waals surface area contributed by atoms with E-state index in [2.05, 4.69) is 50.3 Å². The van der Waals surface area contributed by atoms with Crippen molar-refractivity contribution in [3.05, 3.63) is 48.6 Å². The van der Waals surface area contributed by atoms with Crippen molar-refractivity contribution in [2.24, 2.45) is 0 Å². The predicted octanol–water partition coefficient (Wildman–Crippen LogP) is 3.81. The monoisotopic (exact) mass is 596 g/mol. The number of allylic oxidation sites excluding steroid dienone is 8. The van der Waals surface area contributed by atoms with Crippen molar-refractivity contribution in [1.29, 1.82) is 0 Å². The van der Waals surface area contributed by atoms with E-state index < -0.39 is 55.4 Å². The summed E-state index contributed by atoms with van der Waals surface area (Å²) in [4.78, 5) is 24.6. The molecule has 0 radical (unpaired) electrons. The molecular formula is C32H52O10. The molecule has 42 heavy (non-hydrogen) atoms. The Morgan fingerprint density at radius 1 is 0.762 bits per heavy atom. The molecule has 0 aromatic heterocycles. The molecule has 1 aliphatic rings. The first-order chi connectivity index (χ1) is 20.3. The maximum atomic E-state index is 12.5. The predicted molar refractivity (Wildman–Crippen MR) is 159 cm³/mol. The third-order valence-electron chi connectivity index (χ3n) is 6.49. The quantitative estimate of drug-likeness (QED) is 0.0825. The maximum absolute atomic E-state index is 12.5. The Hall–Kier alpha value is -2.34. The summed E-state index contributed by atoms with van der Waals surface area (Å²) in [6, 6.07) is 0. The summed E-state index contributed by atoms with van der Waals surface area (Å²) < 4.78 is 21.6. The number of aliphatic hydroxyl groups is 4. The van der Waals surface area contributed by atoms with Gasteiger partial charge in [-0.25, -0.2) is 0 Å². The largest absolute Gasteiger partial charge is 0.462 e. The molecule has 6 atom stereocenters. The van der Waals surface area contributed by atoms with Gasteiger partial charge in [-0.1, -0.05) is 81.7 Å². The Balaban J connectivity index is 2.53. The Bertz CT molecular complexity index is 835. The molecular weight excluding hydrogens is 544 g/mol. The number of rotatable bonds is 22. The van der Waals surface area contributed by atoms with E-state index in [9.17, 15) is 30.0 Å². The second-order valence-electron chi connectivity index (χ2n) is 10.2. The Labute approximate surface area is 250 Å². The van der Waals surface area contributed by atoms with Crippen molar-refractivity contribution in [2.75, 3.05) is 19.8 Å². The van der Waals surface area contributed by atoms with Gasteiger partial charge in [0.15, 0.2) is 12.4 Å². The molecule has 1 saturated heterocycles. The van der Waals surface area contributed by atoms with Crippen LogP contribution in [0.5, 0.6) is 0 Å². The zero-order valence-corrected chi connectivity index (χ0v) is 25.2. The molecule has 0 spiro atoms. The van der Waals surface area contributed by atoms with Crippen molar-refractivity contribution in [1.82, 2.24) is 0 Å². The summed E-state index contributed by atoms with van der Waals surface area (Å²) in [6.07, 6.45) is 16.4. The van der Waals surface area contributed by atoms with Crippen LogP contribution in [0.4, 0.5) is 0 Å². The lowest BCUT2D eigenvalue weighted by Crippen LogP contribution is -2.59. The second kappa shape index (κ2) is 24.1. The van der Waals surface area contributed by atoms with Crippen LogP contribution in [-0.2, 0) is 28.5 Å². The summed E-state index contributed by atoms with van der Waals surface area (Å²) in [6.45, 7) is 3.03. The first-order valence-electron chi connectivity index (χ1n) is 15.2. The summed E-state index contributed by atoms with van der Waals surface area (Å²) in [5, 5.41) is 39.5. The van der Waals surface area contributed by atoms with Crippen LogP contribution in [-0.4, -0.2) is 89.0 Å². The van der Waals surface area contributed by atoms with E-state index >= 15 is 0 Å². The van der Waals surface area contributed by atoms with Crippen LogP contribution in [0.15, 0.2) is 48.6 Å². The average molecular weight is 597 g/mol. The Morgan fingerprint density at radius 3 is 2.02 bits per heavy atom. The molecule has 0 amide bonds. The zero-order valence-electron chi connectivity index (χ0n) is 25.2. The van der Waals surface area contributed by atoms with Gasteiger partial charge in [0.25, 0.3) is 0 Å². The van der Waals surface area contributed by atoms with E-state index in [0.717, 1.165) is 44.9 Å². The zero-order chi connectivity index (χ0) is 31.0. The third kappa shape index (κ3) is 16.9. The number of carbonyl (C=O) groups is 2. The lowest BCUT2D eigenvalue weighted by Gasteiger charge is -2.39. The van der Waals surface area contributed by atoms with Crippen LogP contribution in [0, 0.1) is 0 Å². The number of unbranched alkanes of at least 4 members (excludes halogenated alkanes) is 3. The van der Waals surface area contributed by atoms with Gasteiger partial charge in [0.1, 0.15) is 31.0 Å². The highest BCUT2D eigenvalue weighted by molar-refractivity contribution is 5.70. The molecule has 0 bridgehead atoms. The molecule has 0 saturated carbocycles. The number of esters is 2. The molecule has 10 nitrogen and oxygen atoms in total. The van der Waals surface area contributed by atoms with Gasteiger partial charge in [-0.15, -0.1) is 0 Å². The van der Waals surface area contributed by atoms with E-state index in [0.29, 0.717) is 12.8 Å². The number of aliphatic hydroxyl groups excluding tert-OH is 4. The van der Waals surface area contributed by atoms with Gasteiger partial charge >= 0.3 is 11.9 Å². The van der Waals surface area contributed by atoms with Gasteiger partial charge in [-0.05, 0) is 38.5 Å². The molecule has 4 N–H and O–H groups in total. The van der Waals surface area contributed by atoms with Crippen molar-refractivity contribution < 1.29 is 49.0 Å². The van der Waals surface area contributed by atoms with Gasteiger partial charge in [0.05, 0.1) is 13.2 Å². The van der Waals surface area contributed by atoms with Crippen LogP contribution in [0.25, 0.3) is 0 Å². The lowest BCUT2D eigenvalue weighted by molar-refractivity contribution is -0.305. The highest BCUT2D eigenvalue weighted by Crippen LogP contribution is 2.22. The van der Waals surface area contributed by atoms with Crippen LogP contribution in [0.2, 0.25) is 0 Å². The SMILES string of the molecule is CC/C=C\C/C=C\C/C=C\C/C=C\CCC(=O)OC(COC(=O)CCCCCC)COC1OC(CO)C(O)C(O)C1O. The lowest BCUT2D eigenvalue weighted by atomic mass is 9.99. The smallest absolute Gasteiger partial charge is 0.306 e. The van der Waals surface area contributed by atoms with Crippen molar-refractivity contribution in [3.8, 4) is 0 Å². The van der Waals surface area contributed by atoms with Gasteiger partial charge in [-0.2, -0.15) is 0 Å². The Kier molecular flexibility index (Phi) is 21.7. The summed E-state index contributed by atoms with van der Waals surface area (Å²) >= 11 is 0. The first kappa shape index (κ1) is 37.7. The molecule has 0 aromatic rings. The van der Waals surface area contributed by atoms with Gasteiger partial charge < -0.3 is 39.4 Å². The van der Waals surface area contributed by atoms with Crippen LogP contribution in [0.1, 0.15) is 84.5 Å². The van der Waals surface area contributed by atoms with Gasteiger partial charge in [0.2, 0.25) is 0 Å². The van der Waals surface area contributed by atoms with Crippen LogP contribution >= 0.6 is 0 Å². The fourth-order valence-electron chi connectivity index (χ4n) is 4.02. The molecule has 1 fully saturated rings. The van der Waals surface area contributed by atoms with Gasteiger partial charge in [0, 0.05) is 12.8 Å². The highest BCUT2D eigenvalue weighted by atomic mass is 16.7. The fourth-order valence-corrected chi connectivity index (χ4v) is 4.02. The molecule has 10 heteroatoms. The van der Waals surface area contributed by atoms with E-state index in [4.69, 9.17) is 18.9 Å². The molecule has 240 valence electrons. The summed E-state index contributed by atoms with van der Waals surface area (Å²) in [5.41, 5.74) is 0. The van der Waals surface area contributed by atoms with Gasteiger partial charge in [-0.3, -0.25) is 9.59 Å². The molecule has 0 aromatic carbocycles. The third-order valence-corrected chi connectivity index (χ3v) is 6.49. The molecule has 0 aliphatic carbocycles. The molecule has 1 aliphatic heterocycles. The molecule has 1 heterocycles. The second-order valence-corrected chi connectivity index (χ2v) is 10.2. The van der Waals surface area contributed by atoms with Crippen molar-refractivity contribution in [3.63, 3.8) is 0 Å². The average Bonchev–Trinajstić information content (AvgIpc) is 2.98. The first-order valence-corrected chi connectivity index (χ1v) is 15.2. The number of ether oxygens (including phenoxy) is 4. The van der Waals surface area contributed by atoms with Crippen LogP contribution < -0.4 is 0 Å². The normalized spacial score (nSPS) is 23.8. The minimum absolute atomic E-state index is 0.107. The van der Waals surface area contributed by atoms with E-state index in [-0.39, 0.29) is 26.1 Å². The Morgan fingerprint density at radius 2 is 1.40 bits per heavy atom. The number of hydrogen-bond acceptors (Lipinski definition) is 10. The number of carbonyl (C=O) groups excluding carboxylic acids is 2.